The van der Waals surface area contributed by atoms with Crippen LogP contribution < -0.4 is 5.32 Å². The zero-order chi connectivity index (χ0) is 17.5. The Bertz CT molecular complexity index is 585. The molecule has 4 saturated carbocycles. The molecule has 1 atom stereocenters. The van der Waals surface area contributed by atoms with E-state index in [2.05, 4.69) is 24.4 Å². The fourth-order valence-electron chi connectivity index (χ4n) is 6.31. The molecule has 5 rings (SSSR count). The van der Waals surface area contributed by atoms with Crippen LogP contribution in [-0.2, 0) is 15.1 Å². The molecule has 4 aliphatic rings. The van der Waals surface area contributed by atoms with E-state index in [4.69, 9.17) is 4.74 Å². The van der Waals surface area contributed by atoms with Gasteiger partial charge in [0.1, 0.15) is 5.60 Å². The SMILES string of the molecule is CCC(CNC(=O)C12CC3CC(CC(C3)C1)C2)(OC)c1ccccc1. The number of hydrogen-bond acceptors (Lipinski definition) is 2. The van der Waals surface area contributed by atoms with Crippen molar-refractivity contribution in [2.75, 3.05) is 13.7 Å². The van der Waals surface area contributed by atoms with E-state index in [1.165, 1.54) is 19.3 Å². The molecule has 0 saturated heterocycles. The zero-order valence-electron chi connectivity index (χ0n) is 15.6. The molecule has 0 radical (unpaired) electrons. The highest BCUT2D eigenvalue weighted by Gasteiger charge is 2.54. The Morgan fingerprint density at radius 3 is 2.16 bits per heavy atom. The molecule has 0 heterocycles. The minimum absolute atomic E-state index is 0.0847. The van der Waals surface area contributed by atoms with Gasteiger partial charge in [-0.2, -0.15) is 0 Å². The summed E-state index contributed by atoms with van der Waals surface area (Å²) in [6.07, 6.45) is 8.29. The number of ether oxygens (including phenoxy) is 1. The highest BCUT2D eigenvalue weighted by Crippen LogP contribution is 2.60. The molecule has 1 unspecified atom stereocenters. The first-order chi connectivity index (χ1) is 12.1. The van der Waals surface area contributed by atoms with Crippen molar-refractivity contribution in [3.05, 3.63) is 35.9 Å². The molecular formula is C22H31NO2. The summed E-state index contributed by atoms with van der Waals surface area (Å²) in [6, 6.07) is 10.3. The first kappa shape index (κ1) is 17.1. The molecule has 0 aromatic heterocycles. The number of amides is 1. The molecule has 4 fully saturated rings. The van der Waals surface area contributed by atoms with Crippen LogP contribution in [0.5, 0.6) is 0 Å². The van der Waals surface area contributed by atoms with Gasteiger partial charge < -0.3 is 10.1 Å². The van der Waals surface area contributed by atoms with Crippen LogP contribution in [0.1, 0.15) is 57.4 Å². The van der Waals surface area contributed by atoms with Crippen molar-refractivity contribution in [3.63, 3.8) is 0 Å². The van der Waals surface area contributed by atoms with Crippen LogP contribution in [-0.4, -0.2) is 19.6 Å². The molecule has 25 heavy (non-hydrogen) atoms. The first-order valence-electron chi connectivity index (χ1n) is 9.98. The van der Waals surface area contributed by atoms with Crippen LogP contribution >= 0.6 is 0 Å². The topological polar surface area (TPSA) is 38.3 Å². The van der Waals surface area contributed by atoms with Crippen LogP contribution in [0, 0.1) is 23.2 Å². The Labute approximate surface area is 151 Å². The lowest BCUT2D eigenvalue weighted by Crippen LogP contribution is -2.55. The first-order valence-corrected chi connectivity index (χ1v) is 9.98. The van der Waals surface area contributed by atoms with Gasteiger partial charge in [-0.15, -0.1) is 0 Å². The number of carbonyl (C=O) groups is 1. The van der Waals surface area contributed by atoms with Crippen molar-refractivity contribution in [3.8, 4) is 0 Å². The average molecular weight is 341 g/mol. The molecule has 1 N–H and O–H groups in total. The quantitative estimate of drug-likeness (QED) is 0.839. The standard InChI is InChI=1S/C22H31NO2/c1-3-22(25-2,19-7-5-4-6-8-19)15-23-20(24)21-12-16-9-17(13-21)11-18(10-16)14-21/h4-8,16-18H,3,9-15H2,1-2H3,(H,23,24). The molecule has 3 nitrogen and oxygen atoms in total. The van der Waals surface area contributed by atoms with Crippen LogP contribution in [0.15, 0.2) is 30.3 Å². The van der Waals surface area contributed by atoms with Gasteiger partial charge in [-0.05, 0) is 68.3 Å². The van der Waals surface area contributed by atoms with Crippen molar-refractivity contribution in [2.24, 2.45) is 23.2 Å². The van der Waals surface area contributed by atoms with Gasteiger partial charge in [0.05, 0.1) is 6.54 Å². The summed E-state index contributed by atoms with van der Waals surface area (Å²) in [5.74, 6) is 2.68. The lowest BCUT2D eigenvalue weighted by Gasteiger charge is -2.55. The number of carbonyl (C=O) groups excluding carboxylic acids is 1. The lowest BCUT2D eigenvalue weighted by molar-refractivity contribution is -0.148. The van der Waals surface area contributed by atoms with E-state index in [9.17, 15) is 4.79 Å². The molecule has 4 bridgehead atoms. The largest absolute Gasteiger partial charge is 0.372 e. The second-order valence-corrected chi connectivity index (χ2v) is 8.80. The Balaban J connectivity index is 1.49. The second kappa shape index (κ2) is 6.42. The molecule has 0 aliphatic heterocycles. The zero-order valence-corrected chi connectivity index (χ0v) is 15.6. The van der Waals surface area contributed by atoms with Crippen molar-refractivity contribution in [1.82, 2.24) is 5.32 Å². The average Bonchev–Trinajstić information content (AvgIpc) is 2.62. The molecule has 1 aromatic carbocycles. The Kier molecular flexibility index (Phi) is 4.39. The summed E-state index contributed by atoms with van der Waals surface area (Å²) in [5.41, 5.74) is 0.628. The van der Waals surface area contributed by atoms with E-state index in [0.717, 1.165) is 49.0 Å². The third-order valence-electron chi connectivity index (χ3n) is 7.32. The van der Waals surface area contributed by atoms with Crippen LogP contribution in [0.4, 0.5) is 0 Å². The third-order valence-corrected chi connectivity index (χ3v) is 7.32. The highest BCUT2D eigenvalue weighted by molar-refractivity contribution is 5.83. The molecular weight excluding hydrogens is 310 g/mol. The predicted molar refractivity (Wildman–Crippen MR) is 99.0 cm³/mol. The van der Waals surface area contributed by atoms with Gasteiger partial charge in [-0.1, -0.05) is 37.3 Å². The van der Waals surface area contributed by atoms with Gasteiger partial charge in [0.2, 0.25) is 5.91 Å². The normalized spacial score (nSPS) is 35.4. The Hall–Kier alpha value is -1.35. The predicted octanol–water partition coefficient (Wildman–Crippen LogP) is 4.27. The molecule has 0 spiro atoms. The number of rotatable bonds is 6. The summed E-state index contributed by atoms with van der Waals surface area (Å²) in [4.78, 5) is 13.2. The van der Waals surface area contributed by atoms with Crippen molar-refractivity contribution < 1.29 is 9.53 Å². The minimum Gasteiger partial charge on any atom is -0.372 e. The van der Waals surface area contributed by atoms with Crippen LogP contribution in [0.2, 0.25) is 0 Å². The molecule has 1 aromatic rings. The summed E-state index contributed by atoms with van der Waals surface area (Å²) >= 11 is 0. The fraction of sp³-hybridized carbons (Fsp3) is 0.682. The smallest absolute Gasteiger partial charge is 0.226 e. The number of methoxy groups -OCH3 is 1. The van der Waals surface area contributed by atoms with Crippen LogP contribution in [0.3, 0.4) is 0 Å². The van der Waals surface area contributed by atoms with E-state index < -0.39 is 5.60 Å². The summed E-state index contributed by atoms with van der Waals surface area (Å²) in [6.45, 7) is 2.69. The highest BCUT2D eigenvalue weighted by atomic mass is 16.5. The maximum absolute atomic E-state index is 13.2. The number of hydrogen-bond donors (Lipinski definition) is 1. The third kappa shape index (κ3) is 2.91. The summed E-state index contributed by atoms with van der Waals surface area (Å²) in [5, 5.41) is 3.32. The van der Waals surface area contributed by atoms with Gasteiger partial charge in [0.15, 0.2) is 0 Å². The van der Waals surface area contributed by atoms with E-state index in [1.54, 1.807) is 7.11 Å². The fourth-order valence-corrected chi connectivity index (χ4v) is 6.31. The number of nitrogens with one attached hydrogen (secondary N) is 1. The second-order valence-electron chi connectivity index (χ2n) is 8.80. The number of benzene rings is 1. The summed E-state index contributed by atoms with van der Waals surface area (Å²) in [7, 11) is 1.76. The van der Waals surface area contributed by atoms with Gasteiger partial charge in [0, 0.05) is 12.5 Å². The summed E-state index contributed by atoms with van der Waals surface area (Å²) < 4.78 is 5.93. The molecule has 3 heteroatoms. The van der Waals surface area contributed by atoms with Gasteiger partial charge in [0.25, 0.3) is 0 Å². The van der Waals surface area contributed by atoms with Crippen molar-refractivity contribution >= 4 is 5.91 Å². The molecule has 136 valence electrons. The molecule has 1 amide bonds. The monoisotopic (exact) mass is 341 g/mol. The molecule has 4 aliphatic carbocycles. The maximum atomic E-state index is 13.2. The van der Waals surface area contributed by atoms with Gasteiger partial charge in [-0.25, -0.2) is 0 Å². The van der Waals surface area contributed by atoms with E-state index >= 15 is 0 Å². The van der Waals surface area contributed by atoms with Gasteiger partial charge in [-0.3, -0.25) is 4.79 Å². The minimum atomic E-state index is -0.431. The van der Waals surface area contributed by atoms with E-state index in [-0.39, 0.29) is 11.3 Å². The van der Waals surface area contributed by atoms with Crippen molar-refractivity contribution in [1.29, 1.82) is 0 Å². The Morgan fingerprint density at radius 2 is 1.68 bits per heavy atom. The Morgan fingerprint density at radius 1 is 1.12 bits per heavy atom. The lowest BCUT2D eigenvalue weighted by atomic mass is 9.49. The van der Waals surface area contributed by atoms with Crippen molar-refractivity contribution in [2.45, 2.75) is 57.5 Å². The van der Waals surface area contributed by atoms with E-state index in [1.807, 2.05) is 18.2 Å². The van der Waals surface area contributed by atoms with Crippen LogP contribution in [0.25, 0.3) is 0 Å². The van der Waals surface area contributed by atoms with Gasteiger partial charge >= 0.3 is 0 Å². The van der Waals surface area contributed by atoms with E-state index in [0.29, 0.717) is 6.54 Å². The maximum Gasteiger partial charge on any atom is 0.226 e.